The lowest BCUT2D eigenvalue weighted by molar-refractivity contribution is 0.507. The summed E-state index contributed by atoms with van der Waals surface area (Å²) in [7, 11) is 0. The van der Waals surface area contributed by atoms with Crippen molar-refractivity contribution in [2.75, 3.05) is 0 Å². The van der Waals surface area contributed by atoms with Crippen LogP contribution < -0.4 is 11.1 Å². The van der Waals surface area contributed by atoms with E-state index in [2.05, 4.69) is 20.4 Å². The molecule has 1 heterocycles. The summed E-state index contributed by atoms with van der Waals surface area (Å²) in [4.78, 5) is 8.34. The van der Waals surface area contributed by atoms with Crippen LogP contribution in [0.5, 0.6) is 0 Å². The molecule has 0 radical (unpaired) electrons. The lowest BCUT2D eigenvalue weighted by Crippen LogP contribution is -2.45. The van der Waals surface area contributed by atoms with Gasteiger partial charge in [-0.25, -0.2) is 14.7 Å². The predicted molar refractivity (Wildman–Crippen MR) is 79.3 cm³/mol. The van der Waals surface area contributed by atoms with Crippen LogP contribution in [0.1, 0.15) is 33.5 Å². The topological polar surface area (TPSA) is 81.1 Å². The number of guanidine groups is 1. The van der Waals surface area contributed by atoms with Crippen LogP contribution in [0.15, 0.2) is 11.3 Å². The number of nitrogens with one attached hydrogen (secondary N) is 1. The third-order valence-corrected chi connectivity index (χ3v) is 1.89. The van der Waals surface area contributed by atoms with Crippen LogP contribution in [-0.2, 0) is 13.1 Å². The highest BCUT2D eigenvalue weighted by atomic mass is 127. The molecule has 98 valence electrons. The Kier molecular flexibility index (Phi) is 6.43. The summed E-state index contributed by atoms with van der Waals surface area (Å²) in [5, 5.41) is 7.15. The van der Waals surface area contributed by atoms with E-state index >= 15 is 0 Å². The molecule has 0 saturated heterocycles. The monoisotopic (exact) mass is 352 g/mol. The average Bonchev–Trinajstić information content (AvgIpc) is 2.59. The van der Waals surface area contributed by atoms with Gasteiger partial charge in [-0.2, -0.15) is 5.10 Å². The van der Waals surface area contributed by atoms with Gasteiger partial charge < -0.3 is 11.1 Å². The largest absolute Gasteiger partial charge is 0.370 e. The molecule has 0 aliphatic heterocycles. The Bertz CT molecular complexity index is 365. The number of hydrogen-bond acceptors (Lipinski definition) is 3. The third kappa shape index (κ3) is 5.85. The Morgan fingerprint density at radius 3 is 2.71 bits per heavy atom. The van der Waals surface area contributed by atoms with Crippen LogP contribution in [-0.4, -0.2) is 26.3 Å². The van der Waals surface area contributed by atoms with Gasteiger partial charge in [-0.1, -0.05) is 0 Å². The van der Waals surface area contributed by atoms with Crippen LogP contribution in [0.4, 0.5) is 0 Å². The molecule has 0 unspecified atom stereocenters. The average molecular weight is 352 g/mol. The van der Waals surface area contributed by atoms with Crippen LogP contribution in [0.2, 0.25) is 0 Å². The Morgan fingerprint density at radius 2 is 2.18 bits per heavy atom. The van der Waals surface area contributed by atoms with Gasteiger partial charge in [-0.05, 0) is 27.7 Å². The summed E-state index contributed by atoms with van der Waals surface area (Å²) in [5.41, 5.74) is 5.67. The lowest BCUT2D eigenvalue weighted by Gasteiger charge is -2.20. The van der Waals surface area contributed by atoms with E-state index in [4.69, 9.17) is 5.73 Å². The van der Waals surface area contributed by atoms with Crippen molar-refractivity contribution in [3.63, 3.8) is 0 Å². The van der Waals surface area contributed by atoms with Crippen LogP contribution >= 0.6 is 24.0 Å². The molecule has 0 spiro atoms. The molecule has 7 heteroatoms. The third-order valence-electron chi connectivity index (χ3n) is 1.89. The van der Waals surface area contributed by atoms with Gasteiger partial charge >= 0.3 is 0 Å². The second-order valence-electron chi connectivity index (χ2n) is 4.57. The summed E-state index contributed by atoms with van der Waals surface area (Å²) in [6.07, 6.45) is 1.53. The normalized spacial score (nSPS) is 12.1. The van der Waals surface area contributed by atoms with Crippen molar-refractivity contribution in [3.8, 4) is 0 Å². The maximum absolute atomic E-state index is 5.75. The lowest BCUT2D eigenvalue weighted by atomic mass is 10.1. The Balaban J connectivity index is 0.00000256. The number of aryl methyl sites for hydroxylation is 1. The smallest absolute Gasteiger partial charge is 0.189 e. The number of rotatable bonds is 3. The van der Waals surface area contributed by atoms with E-state index in [-0.39, 0.29) is 29.5 Å². The van der Waals surface area contributed by atoms with E-state index in [0.29, 0.717) is 12.5 Å². The molecule has 0 fully saturated rings. The van der Waals surface area contributed by atoms with Gasteiger partial charge in [0.05, 0.1) is 0 Å². The molecule has 3 N–H and O–H groups in total. The van der Waals surface area contributed by atoms with Gasteiger partial charge in [0, 0.05) is 12.1 Å². The number of aromatic nitrogens is 3. The zero-order chi connectivity index (χ0) is 12.2. The van der Waals surface area contributed by atoms with Crippen LogP contribution in [0.3, 0.4) is 0 Å². The molecule has 1 rings (SSSR count). The minimum absolute atomic E-state index is 0. The molecule has 6 nitrogen and oxygen atoms in total. The van der Waals surface area contributed by atoms with Crippen molar-refractivity contribution in [2.45, 2.75) is 46.3 Å². The molecule has 0 saturated carbocycles. The molecule has 17 heavy (non-hydrogen) atoms. The van der Waals surface area contributed by atoms with Gasteiger partial charge in [0.1, 0.15) is 18.7 Å². The SMILES string of the molecule is CCn1ncnc1CN=C(N)NC(C)(C)C.I. The molecule has 0 aliphatic carbocycles. The predicted octanol–water partition coefficient (Wildman–Crippen LogP) is 1.12. The molecular weight excluding hydrogens is 331 g/mol. The van der Waals surface area contributed by atoms with Gasteiger partial charge in [0.15, 0.2) is 5.96 Å². The van der Waals surface area contributed by atoms with Crippen molar-refractivity contribution in [1.82, 2.24) is 20.1 Å². The molecule has 0 aromatic carbocycles. The fourth-order valence-corrected chi connectivity index (χ4v) is 1.25. The molecular formula is C10H21IN6. The summed E-state index contributed by atoms with van der Waals surface area (Å²) < 4.78 is 1.80. The Labute approximate surface area is 119 Å². The maximum atomic E-state index is 5.75. The zero-order valence-electron chi connectivity index (χ0n) is 10.8. The molecule has 1 aromatic heterocycles. The summed E-state index contributed by atoms with van der Waals surface area (Å²) in [6.45, 7) is 9.34. The first-order chi connectivity index (χ1) is 7.42. The minimum atomic E-state index is -0.0774. The maximum Gasteiger partial charge on any atom is 0.189 e. The van der Waals surface area contributed by atoms with E-state index < -0.39 is 0 Å². The van der Waals surface area contributed by atoms with Crippen LogP contribution in [0.25, 0.3) is 0 Å². The van der Waals surface area contributed by atoms with Crippen molar-refractivity contribution < 1.29 is 0 Å². The van der Waals surface area contributed by atoms with E-state index in [1.165, 1.54) is 6.33 Å². The van der Waals surface area contributed by atoms with E-state index in [1.54, 1.807) is 4.68 Å². The number of nitrogens with zero attached hydrogens (tertiary/aromatic N) is 4. The summed E-state index contributed by atoms with van der Waals surface area (Å²) >= 11 is 0. The van der Waals surface area contributed by atoms with Crippen molar-refractivity contribution in [3.05, 3.63) is 12.2 Å². The molecule has 0 aliphatic rings. The standard InChI is InChI=1S/C10H20N6.HI/c1-5-16-8(13-7-14-16)6-12-9(11)15-10(2,3)4;/h7H,5-6H2,1-4H3,(H3,11,12,15);1H. The first-order valence-electron chi connectivity index (χ1n) is 5.37. The van der Waals surface area contributed by atoms with E-state index in [1.807, 2.05) is 27.7 Å². The first-order valence-corrected chi connectivity index (χ1v) is 5.37. The van der Waals surface area contributed by atoms with Crippen molar-refractivity contribution in [1.29, 1.82) is 0 Å². The Morgan fingerprint density at radius 1 is 1.53 bits per heavy atom. The minimum Gasteiger partial charge on any atom is -0.370 e. The number of hydrogen-bond donors (Lipinski definition) is 2. The van der Waals surface area contributed by atoms with Crippen molar-refractivity contribution >= 4 is 29.9 Å². The molecule has 0 atom stereocenters. The summed E-state index contributed by atoms with van der Waals surface area (Å²) in [5.74, 6) is 1.25. The van der Waals surface area contributed by atoms with E-state index in [9.17, 15) is 0 Å². The number of aliphatic imine (C=N–C) groups is 1. The highest BCUT2D eigenvalue weighted by Crippen LogP contribution is 1.99. The fourth-order valence-electron chi connectivity index (χ4n) is 1.25. The van der Waals surface area contributed by atoms with Crippen LogP contribution in [0, 0.1) is 0 Å². The molecule has 0 amide bonds. The number of nitrogens with two attached hydrogens (primary N) is 1. The quantitative estimate of drug-likeness (QED) is 0.485. The summed E-state index contributed by atoms with van der Waals surface area (Å²) in [6, 6.07) is 0. The zero-order valence-corrected chi connectivity index (χ0v) is 13.1. The van der Waals surface area contributed by atoms with Crippen molar-refractivity contribution in [2.24, 2.45) is 10.7 Å². The number of halogens is 1. The van der Waals surface area contributed by atoms with Gasteiger partial charge in [0.25, 0.3) is 0 Å². The second-order valence-corrected chi connectivity index (χ2v) is 4.57. The highest BCUT2D eigenvalue weighted by Gasteiger charge is 2.10. The molecule has 1 aromatic rings. The van der Waals surface area contributed by atoms with Gasteiger partial charge in [-0.15, -0.1) is 24.0 Å². The van der Waals surface area contributed by atoms with E-state index in [0.717, 1.165) is 12.4 Å². The first kappa shape index (κ1) is 16.1. The highest BCUT2D eigenvalue weighted by molar-refractivity contribution is 14.0. The fraction of sp³-hybridized carbons (Fsp3) is 0.700. The Hall–Kier alpha value is -0.860. The van der Waals surface area contributed by atoms with Gasteiger partial charge in [0.2, 0.25) is 0 Å². The van der Waals surface area contributed by atoms with Gasteiger partial charge in [-0.3, -0.25) is 0 Å². The second kappa shape index (κ2) is 6.77. The molecule has 0 bridgehead atoms.